The van der Waals surface area contributed by atoms with Crippen LogP contribution >= 0.6 is 0 Å². The van der Waals surface area contributed by atoms with Gasteiger partial charge in [0.25, 0.3) is 0 Å². The summed E-state index contributed by atoms with van der Waals surface area (Å²) in [4.78, 5) is 39.0. The first-order valence-electron chi connectivity index (χ1n) is 8.46. The molecule has 170 valence electrons. The molecule has 0 bridgehead atoms. The molecule has 0 heterocycles. The van der Waals surface area contributed by atoms with E-state index in [2.05, 4.69) is 13.2 Å². The molecular weight excluding hydrogens is 388 g/mol. The maximum absolute atomic E-state index is 9.90. The number of aliphatic hydroxyl groups is 2. The van der Waals surface area contributed by atoms with E-state index in [0.29, 0.717) is 12.8 Å². The molecule has 0 aromatic rings. The Kier molecular flexibility index (Phi) is 23.4. The van der Waals surface area contributed by atoms with Gasteiger partial charge in [-0.25, -0.2) is 9.59 Å². The van der Waals surface area contributed by atoms with Gasteiger partial charge in [0, 0.05) is 29.4 Å². The largest absolute Gasteiger partial charge is 0.481 e. The van der Waals surface area contributed by atoms with Gasteiger partial charge in [-0.15, -0.1) is 0 Å². The Morgan fingerprint density at radius 1 is 0.690 bits per heavy atom. The van der Waals surface area contributed by atoms with Crippen LogP contribution in [0.15, 0.2) is 24.3 Å². The standard InChI is InChI=1S/C6H10O4.C5H12O2.2C4H6O2/c7-5(8)3-1-2-4-6(9)10;1-5(2,3-6)4-7;2*1-3(2)4(5)6/h1-4H2,(H,7,8)(H,9,10);6-7H,3-4H2,1-2H3;2*1H2,2H3,(H,5,6). The van der Waals surface area contributed by atoms with Gasteiger partial charge in [0.15, 0.2) is 0 Å². The molecular formula is C19H34O10. The number of aliphatic hydroxyl groups excluding tert-OH is 2. The number of rotatable bonds is 9. The molecule has 0 aromatic carbocycles. The van der Waals surface area contributed by atoms with E-state index in [1.165, 1.54) is 13.8 Å². The van der Waals surface area contributed by atoms with Gasteiger partial charge in [0.1, 0.15) is 0 Å². The Bertz CT molecular complexity index is 465. The summed E-state index contributed by atoms with van der Waals surface area (Å²) in [5, 5.41) is 48.9. The third kappa shape index (κ3) is 41.0. The van der Waals surface area contributed by atoms with E-state index < -0.39 is 23.9 Å². The zero-order valence-corrected chi connectivity index (χ0v) is 17.5. The van der Waals surface area contributed by atoms with Crippen LogP contribution in [0.25, 0.3) is 0 Å². The molecule has 0 atom stereocenters. The van der Waals surface area contributed by atoms with E-state index >= 15 is 0 Å². The summed E-state index contributed by atoms with van der Waals surface area (Å²) in [6.45, 7) is 12.9. The van der Waals surface area contributed by atoms with E-state index in [9.17, 15) is 19.2 Å². The zero-order chi connectivity index (χ0) is 24.2. The van der Waals surface area contributed by atoms with Gasteiger partial charge in [-0.2, -0.15) is 0 Å². The number of unbranched alkanes of at least 4 members (excludes halogenated alkanes) is 1. The first-order valence-corrected chi connectivity index (χ1v) is 8.46. The quantitative estimate of drug-likeness (QED) is 0.237. The van der Waals surface area contributed by atoms with E-state index in [4.69, 9.17) is 30.6 Å². The fourth-order valence-corrected chi connectivity index (χ4v) is 0.602. The van der Waals surface area contributed by atoms with Crippen molar-refractivity contribution in [3.05, 3.63) is 24.3 Å². The van der Waals surface area contributed by atoms with Gasteiger partial charge < -0.3 is 30.6 Å². The van der Waals surface area contributed by atoms with Crippen LogP contribution in [0.3, 0.4) is 0 Å². The molecule has 0 rings (SSSR count). The van der Waals surface area contributed by atoms with Crippen molar-refractivity contribution in [3.63, 3.8) is 0 Å². The van der Waals surface area contributed by atoms with Gasteiger partial charge in [-0.1, -0.05) is 27.0 Å². The topological polar surface area (TPSA) is 190 Å². The number of hydrogen-bond donors (Lipinski definition) is 6. The van der Waals surface area contributed by atoms with Gasteiger partial charge in [-0.3, -0.25) is 9.59 Å². The molecule has 0 spiro atoms. The second kappa shape index (κ2) is 20.0. The fourth-order valence-electron chi connectivity index (χ4n) is 0.602. The van der Waals surface area contributed by atoms with Crippen LogP contribution in [-0.4, -0.2) is 67.7 Å². The minimum atomic E-state index is -0.935. The molecule has 0 aliphatic carbocycles. The molecule has 0 fully saturated rings. The summed E-state index contributed by atoms with van der Waals surface area (Å²) in [5.41, 5.74) is 0.0463. The summed E-state index contributed by atoms with van der Waals surface area (Å²) in [5.74, 6) is -3.61. The lowest BCUT2D eigenvalue weighted by molar-refractivity contribution is -0.139. The lowest BCUT2D eigenvalue weighted by Crippen LogP contribution is -2.20. The maximum Gasteiger partial charge on any atom is 0.330 e. The summed E-state index contributed by atoms with van der Waals surface area (Å²) in [6, 6.07) is 0. The first-order chi connectivity index (χ1) is 13.0. The molecule has 0 aliphatic rings. The number of carboxylic acid groups (broad SMARTS) is 4. The first kappa shape index (κ1) is 33.8. The Morgan fingerprint density at radius 2 is 0.897 bits per heavy atom. The predicted octanol–water partition coefficient (Wildman–Crippen LogP) is 2.01. The summed E-state index contributed by atoms with van der Waals surface area (Å²) in [7, 11) is 0. The van der Waals surface area contributed by atoms with Crippen molar-refractivity contribution in [2.45, 2.75) is 53.4 Å². The monoisotopic (exact) mass is 422 g/mol. The summed E-state index contributed by atoms with van der Waals surface area (Å²) >= 11 is 0. The molecule has 0 saturated carbocycles. The lowest BCUT2D eigenvalue weighted by Gasteiger charge is -2.16. The van der Waals surface area contributed by atoms with Crippen molar-refractivity contribution < 1.29 is 49.8 Å². The number of aliphatic carboxylic acids is 4. The summed E-state index contributed by atoms with van der Waals surface area (Å²) < 4.78 is 0. The van der Waals surface area contributed by atoms with Crippen molar-refractivity contribution >= 4 is 23.9 Å². The van der Waals surface area contributed by atoms with Gasteiger partial charge in [0.05, 0.1) is 13.2 Å². The molecule has 10 nitrogen and oxygen atoms in total. The van der Waals surface area contributed by atoms with E-state index in [0.717, 1.165) is 0 Å². The predicted molar refractivity (Wildman–Crippen MR) is 107 cm³/mol. The van der Waals surface area contributed by atoms with Crippen LogP contribution in [0.1, 0.15) is 53.4 Å². The molecule has 6 N–H and O–H groups in total. The summed E-state index contributed by atoms with van der Waals surface area (Å²) in [6.07, 6.45) is 1.02. The second-order valence-electron chi connectivity index (χ2n) is 6.65. The van der Waals surface area contributed by atoms with Crippen molar-refractivity contribution in [2.75, 3.05) is 13.2 Å². The molecule has 0 saturated heterocycles. The van der Waals surface area contributed by atoms with Crippen LogP contribution in [0.2, 0.25) is 0 Å². The highest BCUT2D eigenvalue weighted by molar-refractivity contribution is 5.85. The average Bonchev–Trinajstić information content (AvgIpc) is 2.60. The minimum Gasteiger partial charge on any atom is -0.481 e. The third-order valence-electron chi connectivity index (χ3n) is 2.62. The highest BCUT2D eigenvalue weighted by Gasteiger charge is 2.13. The van der Waals surface area contributed by atoms with Crippen molar-refractivity contribution in [1.29, 1.82) is 0 Å². The van der Waals surface area contributed by atoms with Gasteiger partial charge in [-0.05, 0) is 26.7 Å². The van der Waals surface area contributed by atoms with Gasteiger partial charge in [0.2, 0.25) is 0 Å². The van der Waals surface area contributed by atoms with Crippen molar-refractivity contribution in [1.82, 2.24) is 0 Å². The number of carboxylic acids is 4. The smallest absolute Gasteiger partial charge is 0.330 e. The maximum atomic E-state index is 9.90. The van der Waals surface area contributed by atoms with Gasteiger partial charge >= 0.3 is 23.9 Å². The van der Waals surface area contributed by atoms with E-state index in [1.54, 1.807) is 13.8 Å². The zero-order valence-electron chi connectivity index (χ0n) is 17.5. The Labute approximate surface area is 170 Å². The molecule has 29 heavy (non-hydrogen) atoms. The van der Waals surface area contributed by atoms with Crippen LogP contribution < -0.4 is 0 Å². The highest BCUT2D eigenvalue weighted by Crippen LogP contribution is 2.10. The number of carbonyl (C=O) groups is 4. The van der Waals surface area contributed by atoms with Crippen LogP contribution in [0.4, 0.5) is 0 Å². The normalized spacial score (nSPS) is 9.17. The van der Waals surface area contributed by atoms with E-state index in [-0.39, 0.29) is 42.6 Å². The molecule has 0 aliphatic heterocycles. The SMILES string of the molecule is C=C(C)C(=O)O.C=C(C)C(=O)O.CC(C)(CO)CO.O=C(O)CCCCC(=O)O. The Hall–Kier alpha value is -2.72. The third-order valence-corrected chi connectivity index (χ3v) is 2.62. The number of hydrogen-bond acceptors (Lipinski definition) is 6. The minimum absolute atomic E-state index is 0.0451. The molecule has 0 aromatic heterocycles. The van der Waals surface area contributed by atoms with Crippen LogP contribution in [0.5, 0.6) is 0 Å². The molecule has 0 radical (unpaired) electrons. The lowest BCUT2D eigenvalue weighted by atomic mass is 9.97. The van der Waals surface area contributed by atoms with Crippen molar-refractivity contribution in [2.24, 2.45) is 5.41 Å². The highest BCUT2D eigenvalue weighted by atomic mass is 16.4. The molecule has 0 amide bonds. The Balaban J connectivity index is -0.000000148. The van der Waals surface area contributed by atoms with Crippen LogP contribution in [0, 0.1) is 5.41 Å². The molecule has 10 heteroatoms. The second-order valence-corrected chi connectivity index (χ2v) is 6.65. The Morgan fingerprint density at radius 3 is 0.966 bits per heavy atom. The van der Waals surface area contributed by atoms with Crippen molar-refractivity contribution in [3.8, 4) is 0 Å². The fraction of sp³-hybridized carbons (Fsp3) is 0.579. The van der Waals surface area contributed by atoms with E-state index in [1.807, 2.05) is 0 Å². The molecule has 0 unspecified atom stereocenters. The average molecular weight is 422 g/mol. The van der Waals surface area contributed by atoms with Crippen LogP contribution in [-0.2, 0) is 19.2 Å².